The fraction of sp³-hybridized carbons (Fsp3) is 0.533. The van der Waals surface area contributed by atoms with E-state index in [1.54, 1.807) is 24.3 Å². The van der Waals surface area contributed by atoms with Crippen LogP contribution in [0.4, 0.5) is 5.69 Å². The fourth-order valence-electron chi connectivity index (χ4n) is 2.25. The number of sulfonamides is 1. The Kier molecular flexibility index (Phi) is 6.37. The van der Waals surface area contributed by atoms with Gasteiger partial charge >= 0.3 is 0 Å². The smallest absolute Gasteiger partial charge is 0.240 e. The highest BCUT2D eigenvalue weighted by Gasteiger charge is 2.21. The van der Waals surface area contributed by atoms with E-state index in [4.69, 9.17) is 9.47 Å². The molecule has 1 saturated heterocycles. The molecule has 1 unspecified atom stereocenters. The largest absolute Gasteiger partial charge is 0.494 e. The Labute approximate surface area is 136 Å². The normalized spacial score (nSPS) is 17.9. The number of amides is 1. The van der Waals surface area contributed by atoms with Crippen LogP contribution in [-0.2, 0) is 19.6 Å². The quantitative estimate of drug-likeness (QED) is 0.738. The molecule has 23 heavy (non-hydrogen) atoms. The van der Waals surface area contributed by atoms with Crippen molar-refractivity contribution in [1.82, 2.24) is 4.72 Å². The number of anilines is 1. The number of nitrogens with one attached hydrogen (secondary N) is 2. The first-order valence-electron chi connectivity index (χ1n) is 7.60. The SMILES string of the molecule is CCOc1ccc(NC(=O)CS(=O)(=O)NCC2CCCO2)cc1. The van der Waals surface area contributed by atoms with Crippen molar-refractivity contribution in [3.8, 4) is 5.75 Å². The zero-order valence-electron chi connectivity index (χ0n) is 13.1. The van der Waals surface area contributed by atoms with Crippen LogP contribution < -0.4 is 14.8 Å². The number of rotatable bonds is 8. The molecule has 128 valence electrons. The molecule has 1 aliphatic heterocycles. The molecule has 0 bridgehead atoms. The second-order valence-corrected chi connectivity index (χ2v) is 7.05. The lowest BCUT2D eigenvalue weighted by Gasteiger charge is -2.11. The van der Waals surface area contributed by atoms with Gasteiger partial charge in [0, 0.05) is 18.8 Å². The van der Waals surface area contributed by atoms with Crippen molar-refractivity contribution in [2.75, 3.05) is 30.8 Å². The summed E-state index contributed by atoms with van der Waals surface area (Å²) in [4.78, 5) is 11.8. The summed E-state index contributed by atoms with van der Waals surface area (Å²) in [6.07, 6.45) is 1.67. The highest BCUT2D eigenvalue weighted by atomic mass is 32.2. The Morgan fingerprint density at radius 1 is 1.35 bits per heavy atom. The van der Waals surface area contributed by atoms with Gasteiger partial charge < -0.3 is 14.8 Å². The van der Waals surface area contributed by atoms with Gasteiger partial charge in [0.15, 0.2) is 0 Å². The van der Waals surface area contributed by atoms with Gasteiger partial charge in [0.25, 0.3) is 0 Å². The summed E-state index contributed by atoms with van der Waals surface area (Å²) in [6, 6.07) is 6.75. The van der Waals surface area contributed by atoms with Gasteiger partial charge in [0.05, 0.1) is 12.7 Å². The maximum atomic E-state index is 11.9. The molecule has 1 heterocycles. The molecule has 1 fully saturated rings. The van der Waals surface area contributed by atoms with Crippen LogP contribution in [0.15, 0.2) is 24.3 Å². The van der Waals surface area contributed by atoms with Crippen molar-refractivity contribution in [3.63, 3.8) is 0 Å². The van der Waals surface area contributed by atoms with Gasteiger partial charge in [-0.05, 0) is 44.0 Å². The topological polar surface area (TPSA) is 93.7 Å². The summed E-state index contributed by atoms with van der Waals surface area (Å²) < 4.78 is 36.8. The molecule has 0 saturated carbocycles. The third-order valence-corrected chi connectivity index (χ3v) is 4.57. The molecule has 1 aliphatic rings. The van der Waals surface area contributed by atoms with Gasteiger partial charge in [-0.1, -0.05) is 0 Å². The lowest BCUT2D eigenvalue weighted by atomic mass is 10.2. The lowest BCUT2D eigenvalue weighted by Crippen LogP contribution is -2.37. The molecule has 1 aromatic rings. The van der Waals surface area contributed by atoms with Gasteiger partial charge in [-0.2, -0.15) is 0 Å². The molecule has 1 aromatic carbocycles. The molecule has 8 heteroatoms. The summed E-state index contributed by atoms with van der Waals surface area (Å²) >= 11 is 0. The number of carbonyl (C=O) groups excluding carboxylic acids is 1. The zero-order chi connectivity index (χ0) is 16.7. The Bertz CT molecular complexity index is 609. The Morgan fingerprint density at radius 3 is 2.70 bits per heavy atom. The zero-order valence-corrected chi connectivity index (χ0v) is 13.9. The predicted molar refractivity (Wildman–Crippen MR) is 87.0 cm³/mol. The maximum absolute atomic E-state index is 11.9. The molecule has 0 radical (unpaired) electrons. The van der Waals surface area contributed by atoms with Crippen LogP contribution in [0.1, 0.15) is 19.8 Å². The fourth-order valence-corrected chi connectivity index (χ4v) is 3.21. The minimum atomic E-state index is -3.67. The van der Waals surface area contributed by atoms with E-state index in [0.29, 0.717) is 24.7 Å². The first-order chi connectivity index (χ1) is 11.0. The van der Waals surface area contributed by atoms with E-state index in [0.717, 1.165) is 12.8 Å². The van der Waals surface area contributed by atoms with Crippen LogP contribution in [0.2, 0.25) is 0 Å². The van der Waals surface area contributed by atoms with Gasteiger partial charge in [-0.25, -0.2) is 13.1 Å². The average molecular weight is 342 g/mol. The van der Waals surface area contributed by atoms with Crippen LogP contribution in [0.5, 0.6) is 5.75 Å². The number of hydrogen-bond acceptors (Lipinski definition) is 5. The second-order valence-electron chi connectivity index (χ2n) is 5.25. The van der Waals surface area contributed by atoms with Crippen LogP contribution in [0, 0.1) is 0 Å². The summed E-state index contributed by atoms with van der Waals surface area (Å²) in [5.41, 5.74) is 0.521. The molecule has 2 rings (SSSR count). The molecule has 1 amide bonds. The highest BCUT2D eigenvalue weighted by Crippen LogP contribution is 2.15. The molecule has 0 spiro atoms. The van der Waals surface area contributed by atoms with E-state index < -0.39 is 21.7 Å². The standard InChI is InChI=1S/C15H22N2O5S/c1-2-21-13-7-5-12(6-8-13)17-15(18)11-23(19,20)16-10-14-4-3-9-22-14/h5-8,14,16H,2-4,9-11H2,1H3,(H,17,18). The van der Waals surface area contributed by atoms with E-state index in [1.807, 2.05) is 6.92 Å². The van der Waals surface area contributed by atoms with Crippen LogP contribution in [-0.4, -0.2) is 45.9 Å². The Morgan fingerprint density at radius 2 is 2.09 bits per heavy atom. The van der Waals surface area contributed by atoms with E-state index in [9.17, 15) is 13.2 Å². The summed E-state index contributed by atoms with van der Waals surface area (Å²) in [7, 11) is -3.67. The lowest BCUT2D eigenvalue weighted by molar-refractivity contribution is -0.113. The van der Waals surface area contributed by atoms with Crippen molar-refractivity contribution < 1.29 is 22.7 Å². The predicted octanol–water partition coefficient (Wildman–Crippen LogP) is 1.12. The first-order valence-corrected chi connectivity index (χ1v) is 9.25. The van der Waals surface area contributed by atoms with E-state index in [2.05, 4.69) is 10.0 Å². The monoisotopic (exact) mass is 342 g/mol. The summed E-state index contributed by atoms with van der Waals surface area (Å²) in [5, 5.41) is 2.55. The second kappa shape index (κ2) is 8.28. The summed E-state index contributed by atoms with van der Waals surface area (Å²) in [6.45, 7) is 3.30. The molecule has 1 atom stereocenters. The van der Waals surface area contributed by atoms with E-state index in [1.165, 1.54) is 0 Å². The molecule has 0 aliphatic carbocycles. The highest BCUT2D eigenvalue weighted by molar-refractivity contribution is 7.90. The minimum absolute atomic E-state index is 0.0982. The molecule has 7 nitrogen and oxygen atoms in total. The maximum Gasteiger partial charge on any atom is 0.240 e. The van der Waals surface area contributed by atoms with E-state index in [-0.39, 0.29) is 12.6 Å². The molecule has 0 aromatic heterocycles. The number of benzene rings is 1. The van der Waals surface area contributed by atoms with Gasteiger partial charge in [-0.15, -0.1) is 0 Å². The third kappa shape index (κ3) is 6.17. The molecule has 2 N–H and O–H groups in total. The van der Waals surface area contributed by atoms with Crippen LogP contribution >= 0.6 is 0 Å². The third-order valence-electron chi connectivity index (χ3n) is 3.33. The number of carbonyl (C=O) groups is 1. The molecular formula is C15H22N2O5S. The van der Waals surface area contributed by atoms with Crippen molar-refractivity contribution in [2.45, 2.75) is 25.9 Å². The Hall–Kier alpha value is -1.64. The van der Waals surface area contributed by atoms with Gasteiger partial charge in [0.2, 0.25) is 15.9 Å². The average Bonchev–Trinajstić information content (AvgIpc) is 3.00. The van der Waals surface area contributed by atoms with Crippen molar-refractivity contribution in [1.29, 1.82) is 0 Å². The van der Waals surface area contributed by atoms with Gasteiger partial charge in [0.1, 0.15) is 11.5 Å². The van der Waals surface area contributed by atoms with Crippen molar-refractivity contribution in [3.05, 3.63) is 24.3 Å². The Balaban J connectivity index is 1.80. The minimum Gasteiger partial charge on any atom is -0.494 e. The summed E-state index contributed by atoms with van der Waals surface area (Å²) in [5.74, 6) is -0.516. The van der Waals surface area contributed by atoms with Gasteiger partial charge in [-0.3, -0.25) is 4.79 Å². The first kappa shape index (κ1) is 17.7. The van der Waals surface area contributed by atoms with Crippen molar-refractivity contribution in [2.24, 2.45) is 0 Å². The van der Waals surface area contributed by atoms with Crippen LogP contribution in [0.25, 0.3) is 0 Å². The number of ether oxygens (including phenoxy) is 2. The number of hydrogen-bond donors (Lipinski definition) is 2. The van der Waals surface area contributed by atoms with Crippen LogP contribution in [0.3, 0.4) is 0 Å². The molecular weight excluding hydrogens is 320 g/mol. The van der Waals surface area contributed by atoms with Crippen molar-refractivity contribution >= 4 is 21.6 Å². The van der Waals surface area contributed by atoms with E-state index >= 15 is 0 Å².